The Labute approximate surface area is 129 Å². The molecule has 1 fully saturated rings. The van der Waals surface area contributed by atoms with Gasteiger partial charge < -0.3 is 10.6 Å². The lowest BCUT2D eigenvalue weighted by molar-refractivity contribution is -0.121. The van der Waals surface area contributed by atoms with Crippen molar-refractivity contribution < 1.29 is 4.79 Å². The molecule has 6 nitrogen and oxygen atoms in total. The number of amides is 1. The maximum atomic E-state index is 12.4. The predicted octanol–water partition coefficient (Wildman–Crippen LogP) is 0.691. The van der Waals surface area contributed by atoms with Gasteiger partial charge in [0.15, 0.2) is 0 Å². The molecule has 1 aromatic carbocycles. The predicted molar refractivity (Wildman–Crippen MR) is 85.9 cm³/mol. The summed E-state index contributed by atoms with van der Waals surface area (Å²) in [5.74, 6) is -0.116. The van der Waals surface area contributed by atoms with Crippen molar-refractivity contribution in [2.24, 2.45) is 0 Å². The molecule has 1 unspecified atom stereocenters. The number of aromatic nitrogens is 2. The van der Waals surface area contributed by atoms with Gasteiger partial charge in [0.05, 0.1) is 11.0 Å². The highest BCUT2D eigenvalue weighted by Gasteiger charge is 2.17. The first-order chi connectivity index (χ1) is 10.7. The van der Waals surface area contributed by atoms with Crippen LogP contribution in [0.4, 0.5) is 0 Å². The first kappa shape index (κ1) is 14.8. The average molecular weight is 302 g/mol. The van der Waals surface area contributed by atoms with E-state index in [2.05, 4.69) is 10.6 Å². The van der Waals surface area contributed by atoms with E-state index in [-0.39, 0.29) is 18.1 Å². The Balaban J connectivity index is 1.77. The van der Waals surface area contributed by atoms with Gasteiger partial charge in [-0.05, 0) is 38.4 Å². The van der Waals surface area contributed by atoms with Crippen molar-refractivity contribution in [2.75, 3.05) is 13.1 Å². The van der Waals surface area contributed by atoms with Crippen LogP contribution >= 0.6 is 0 Å². The molecule has 118 valence electrons. The van der Waals surface area contributed by atoms with Gasteiger partial charge in [-0.3, -0.25) is 13.9 Å². The number of rotatable bonds is 5. The van der Waals surface area contributed by atoms with Gasteiger partial charge in [0.2, 0.25) is 5.91 Å². The van der Waals surface area contributed by atoms with Gasteiger partial charge in [0, 0.05) is 19.1 Å². The molecule has 0 aliphatic carbocycles. The van der Waals surface area contributed by atoms with Gasteiger partial charge >= 0.3 is 5.69 Å². The van der Waals surface area contributed by atoms with Crippen LogP contribution in [-0.2, 0) is 17.9 Å². The monoisotopic (exact) mass is 302 g/mol. The Morgan fingerprint density at radius 2 is 2.05 bits per heavy atom. The molecule has 1 aromatic heterocycles. The topological polar surface area (TPSA) is 68.1 Å². The zero-order valence-electron chi connectivity index (χ0n) is 12.8. The summed E-state index contributed by atoms with van der Waals surface area (Å²) in [7, 11) is 0. The number of hydrogen-bond acceptors (Lipinski definition) is 3. The smallest absolute Gasteiger partial charge is 0.329 e. The van der Waals surface area contributed by atoms with Crippen LogP contribution in [0.3, 0.4) is 0 Å². The fraction of sp³-hybridized carbons (Fsp3) is 0.500. The van der Waals surface area contributed by atoms with Crippen LogP contribution in [-0.4, -0.2) is 34.2 Å². The quantitative estimate of drug-likeness (QED) is 0.854. The van der Waals surface area contributed by atoms with Gasteiger partial charge in [-0.25, -0.2) is 4.79 Å². The number of carbonyl (C=O) groups excluding carboxylic acids is 1. The fourth-order valence-corrected chi connectivity index (χ4v) is 3.10. The third-order valence-electron chi connectivity index (χ3n) is 4.25. The van der Waals surface area contributed by atoms with Crippen molar-refractivity contribution >= 4 is 16.9 Å². The number of nitrogens with zero attached hydrogens (tertiary/aromatic N) is 2. The van der Waals surface area contributed by atoms with Crippen LogP contribution < -0.4 is 16.3 Å². The molecule has 1 saturated heterocycles. The highest BCUT2D eigenvalue weighted by molar-refractivity contribution is 5.80. The Hall–Kier alpha value is -2.08. The van der Waals surface area contributed by atoms with E-state index in [1.807, 2.05) is 31.2 Å². The number of nitrogens with one attached hydrogen (secondary N) is 2. The third kappa shape index (κ3) is 2.78. The molecule has 6 heteroatoms. The van der Waals surface area contributed by atoms with Gasteiger partial charge in [0.1, 0.15) is 6.54 Å². The highest BCUT2D eigenvalue weighted by atomic mass is 16.2. The van der Waals surface area contributed by atoms with E-state index in [1.165, 1.54) is 0 Å². The molecule has 1 amide bonds. The van der Waals surface area contributed by atoms with Crippen LogP contribution in [0.15, 0.2) is 29.1 Å². The summed E-state index contributed by atoms with van der Waals surface area (Å²) in [5, 5.41) is 6.26. The first-order valence-corrected chi connectivity index (χ1v) is 7.89. The number of hydrogen-bond donors (Lipinski definition) is 2. The molecule has 0 spiro atoms. The minimum Gasteiger partial charge on any atom is -0.353 e. The van der Waals surface area contributed by atoms with Crippen molar-refractivity contribution in [2.45, 2.75) is 38.9 Å². The maximum Gasteiger partial charge on any atom is 0.329 e. The van der Waals surface area contributed by atoms with E-state index in [0.29, 0.717) is 19.1 Å². The van der Waals surface area contributed by atoms with Crippen LogP contribution in [0, 0.1) is 0 Å². The van der Waals surface area contributed by atoms with Crippen molar-refractivity contribution in [3.05, 3.63) is 34.7 Å². The molecular weight excluding hydrogens is 280 g/mol. The molecule has 0 saturated carbocycles. The molecule has 1 atom stereocenters. The van der Waals surface area contributed by atoms with E-state index in [9.17, 15) is 9.59 Å². The van der Waals surface area contributed by atoms with Crippen LogP contribution in [0.1, 0.15) is 19.8 Å². The Morgan fingerprint density at radius 1 is 1.32 bits per heavy atom. The second-order valence-electron chi connectivity index (χ2n) is 5.70. The lowest BCUT2D eigenvalue weighted by Crippen LogP contribution is -2.40. The molecule has 2 N–H and O–H groups in total. The molecule has 1 aliphatic rings. The Bertz CT molecular complexity index is 725. The number of imidazole rings is 1. The largest absolute Gasteiger partial charge is 0.353 e. The molecule has 2 aromatic rings. The minimum absolute atomic E-state index is 0.0685. The summed E-state index contributed by atoms with van der Waals surface area (Å²) in [6.07, 6.45) is 2.25. The molecule has 0 bridgehead atoms. The number of carbonyl (C=O) groups is 1. The van der Waals surface area contributed by atoms with Gasteiger partial charge in [-0.2, -0.15) is 0 Å². The van der Waals surface area contributed by atoms with E-state index in [4.69, 9.17) is 0 Å². The normalized spacial score (nSPS) is 18.0. The average Bonchev–Trinajstić information content (AvgIpc) is 3.13. The molecule has 0 radical (unpaired) electrons. The summed E-state index contributed by atoms with van der Waals surface area (Å²) < 4.78 is 3.25. The van der Waals surface area contributed by atoms with Crippen LogP contribution in [0.25, 0.3) is 11.0 Å². The Morgan fingerprint density at radius 3 is 2.68 bits per heavy atom. The van der Waals surface area contributed by atoms with Crippen molar-refractivity contribution in [1.82, 2.24) is 19.8 Å². The molecule has 2 heterocycles. The molecule has 1 aliphatic heterocycles. The second-order valence-corrected chi connectivity index (χ2v) is 5.70. The van der Waals surface area contributed by atoms with Crippen molar-refractivity contribution in [3.8, 4) is 0 Å². The fourth-order valence-electron chi connectivity index (χ4n) is 3.10. The first-order valence-electron chi connectivity index (χ1n) is 7.89. The van der Waals surface area contributed by atoms with Crippen LogP contribution in [0.5, 0.6) is 0 Å². The highest BCUT2D eigenvalue weighted by Crippen LogP contribution is 2.12. The lowest BCUT2D eigenvalue weighted by atomic mass is 10.2. The van der Waals surface area contributed by atoms with E-state index in [1.54, 1.807) is 9.13 Å². The minimum atomic E-state index is -0.127. The molecule has 22 heavy (non-hydrogen) atoms. The summed E-state index contributed by atoms with van der Waals surface area (Å²) >= 11 is 0. The van der Waals surface area contributed by atoms with E-state index in [0.717, 1.165) is 30.4 Å². The van der Waals surface area contributed by atoms with Gasteiger partial charge in [-0.1, -0.05) is 12.1 Å². The summed E-state index contributed by atoms with van der Waals surface area (Å²) in [5.41, 5.74) is 1.56. The number of aryl methyl sites for hydroxylation is 1. The van der Waals surface area contributed by atoms with Crippen molar-refractivity contribution in [3.63, 3.8) is 0 Å². The van der Waals surface area contributed by atoms with Crippen molar-refractivity contribution in [1.29, 1.82) is 0 Å². The number of para-hydroxylation sites is 2. The summed E-state index contributed by atoms with van der Waals surface area (Å²) in [4.78, 5) is 24.6. The van der Waals surface area contributed by atoms with E-state index >= 15 is 0 Å². The Kier molecular flexibility index (Phi) is 4.29. The molecule has 3 rings (SSSR count). The number of benzene rings is 1. The summed E-state index contributed by atoms with van der Waals surface area (Å²) in [6.45, 7) is 4.24. The zero-order valence-corrected chi connectivity index (χ0v) is 12.8. The SMILES string of the molecule is CCn1c(=O)n(CC(=O)NCC2CCCN2)c2ccccc21. The molecular formula is C16H22N4O2. The summed E-state index contributed by atoms with van der Waals surface area (Å²) in [6, 6.07) is 7.95. The lowest BCUT2D eigenvalue weighted by Gasteiger charge is -2.11. The van der Waals surface area contributed by atoms with Gasteiger partial charge in [-0.15, -0.1) is 0 Å². The third-order valence-corrected chi connectivity index (χ3v) is 4.25. The second kappa shape index (κ2) is 6.36. The standard InChI is InChI=1S/C16H22N4O2/c1-2-19-13-7-3-4-8-14(13)20(16(19)22)11-15(21)18-10-12-6-5-9-17-12/h3-4,7-8,12,17H,2,5-6,9-11H2,1H3,(H,18,21). The zero-order chi connectivity index (χ0) is 15.5. The maximum absolute atomic E-state index is 12.4. The van der Waals surface area contributed by atoms with E-state index < -0.39 is 0 Å². The van der Waals surface area contributed by atoms with Gasteiger partial charge in [0.25, 0.3) is 0 Å². The number of fused-ring (bicyclic) bond motifs is 1. The van der Waals surface area contributed by atoms with Crippen LogP contribution in [0.2, 0.25) is 0 Å².